The molecule has 0 saturated carbocycles. The molecular formula is C52H66BrN. The van der Waals surface area contributed by atoms with Crippen molar-refractivity contribution in [3.8, 4) is 22.3 Å². The van der Waals surface area contributed by atoms with E-state index in [0.29, 0.717) is 0 Å². The van der Waals surface area contributed by atoms with Crippen LogP contribution >= 0.6 is 15.9 Å². The van der Waals surface area contributed by atoms with Gasteiger partial charge in [0.15, 0.2) is 0 Å². The molecule has 286 valence electrons. The lowest BCUT2D eigenvalue weighted by atomic mass is 9.91. The normalized spacial score (nSPS) is 11.2. The molecule has 0 amide bonds. The molecule has 0 aliphatic heterocycles. The lowest BCUT2D eigenvalue weighted by Gasteiger charge is -2.29. The number of nitrogens with zero attached hydrogens (tertiary/aromatic N) is 1. The first-order chi connectivity index (χ1) is 26.7. The summed E-state index contributed by atoms with van der Waals surface area (Å²) >= 11 is 3.83. The quantitative estimate of drug-likeness (QED) is 0.0505. The maximum absolute atomic E-state index is 3.83. The topological polar surface area (TPSA) is 3.24 Å². The highest BCUT2D eigenvalue weighted by molar-refractivity contribution is 9.10. The van der Waals surface area contributed by atoms with Crippen molar-refractivity contribution in [2.24, 2.45) is 0 Å². The van der Waals surface area contributed by atoms with Crippen LogP contribution in [0.4, 0.5) is 17.1 Å². The van der Waals surface area contributed by atoms with Crippen LogP contribution in [-0.2, 0) is 6.42 Å². The van der Waals surface area contributed by atoms with Gasteiger partial charge in [0.05, 0.1) is 5.69 Å². The van der Waals surface area contributed by atoms with Crippen molar-refractivity contribution in [3.05, 3.63) is 137 Å². The summed E-state index contributed by atoms with van der Waals surface area (Å²) in [5.41, 5.74) is 9.90. The monoisotopic (exact) mass is 783 g/mol. The van der Waals surface area contributed by atoms with Gasteiger partial charge in [0.1, 0.15) is 0 Å². The third-order valence-corrected chi connectivity index (χ3v) is 11.5. The van der Waals surface area contributed by atoms with E-state index in [2.05, 4.69) is 155 Å². The lowest BCUT2D eigenvalue weighted by molar-refractivity contribution is 0.522. The maximum atomic E-state index is 3.83. The van der Waals surface area contributed by atoms with Crippen molar-refractivity contribution in [3.63, 3.8) is 0 Å². The van der Waals surface area contributed by atoms with Crippen molar-refractivity contribution < 1.29 is 0 Å². The molecule has 0 heterocycles. The number of para-hydroxylation sites is 2. The van der Waals surface area contributed by atoms with E-state index in [1.807, 2.05) is 0 Å². The van der Waals surface area contributed by atoms with Gasteiger partial charge in [0.2, 0.25) is 0 Å². The lowest BCUT2D eigenvalue weighted by Crippen LogP contribution is -2.11. The Morgan fingerprint density at radius 2 is 0.833 bits per heavy atom. The number of anilines is 3. The minimum Gasteiger partial charge on any atom is -0.310 e. The van der Waals surface area contributed by atoms with E-state index in [4.69, 9.17) is 0 Å². The van der Waals surface area contributed by atoms with Crippen LogP contribution in [0, 0.1) is 0 Å². The van der Waals surface area contributed by atoms with Gasteiger partial charge in [-0.05, 0) is 83.6 Å². The van der Waals surface area contributed by atoms with E-state index in [0.717, 1.165) is 22.3 Å². The van der Waals surface area contributed by atoms with Crippen molar-refractivity contribution in [2.75, 3.05) is 4.90 Å². The predicted molar refractivity (Wildman–Crippen MR) is 241 cm³/mol. The van der Waals surface area contributed by atoms with Crippen LogP contribution in [0.3, 0.4) is 0 Å². The molecule has 5 rings (SSSR count). The Morgan fingerprint density at radius 3 is 1.31 bits per heavy atom. The molecule has 0 atom stereocenters. The van der Waals surface area contributed by atoms with E-state index in [-0.39, 0.29) is 0 Å². The summed E-state index contributed by atoms with van der Waals surface area (Å²) in [4.78, 5) is 2.41. The average Bonchev–Trinajstić information content (AvgIpc) is 3.21. The van der Waals surface area contributed by atoms with Gasteiger partial charge in [-0.2, -0.15) is 0 Å². The molecular weight excluding hydrogens is 718 g/mol. The molecule has 0 N–H and O–H groups in total. The number of hydrogen-bond donors (Lipinski definition) is 0. The molecule has 0 aromatic heterocycles. The number of halogens is 1. The molecule has 0 unspecified atom stereocenters. The van der Waals surface area contributed by atoms with Gasteiger partial charge in [-0.3, -0.25) is 0 Å². The third-order valence-electron chi connectivity index (χ3n) is 11.0. The molecule has 0 radical (unpaired) electrons. The van der Waals surface area contributed by atoms with Crippen molar-refractivity contribution >= 4 is 33.0 Å². The first kappa shape index (κ1) is 41.5. The van der Waals surface area contributed by atoms with Gasteiger partial charge in [0.25, 0.3) is 0 Å². The number of unbranched alkanes of at least 4 members (excludes halogenated alkanes) is 19. The van der Waals surface area contributed by atoms with Crippen LogP contribution in [0.5, 0.6) is 0 Å². The van der Waals surface area contributed by atoms with Crippen molar-refractivity contribution in [2.45, 2.75) is 142 Å². The van der Waals surface area contributed by atoms with Gasteiger partial charge in [-0.25, -0.2) is 0 Å². The van der Waals surface area contributed by atoms with Crippen LogP contribution in [-0.4, -0.2) is 0 Å². The van der Waals surface area contributed by atoms with E-state index < -0.39 is 0 Å². The molecule has 0 aliphatic rings. The highest BCUT2D eigenvalue weighted by Gasteiger charge is 2.20. The summed E-state index contributed by atoms with van der Waals surface area (Å²) in [7, 11) is 0. The third kappa shape index (κ3) is 13.9. The minimum absolute atomic E-state index is 1.09. The molecule has 0 spiro atoms. The zero-order valence-corrected chi connectivity index (χ0v) is 34.9. The summed E-state index contributed by atoms with van der Waals surface area (Å²) in [6.45, 7) is 2.30. The Kier molecular flexibility index (Phi) is 19.0. The predicted octanol–water partition coefficient (Wildman–Crippen LogP) is 17.6. The summed E-state index contributed by atoms with van der Waals surface area (Å²) in [5, 5.41) is 0. The molecule has 5 aromatic carbocycles. The second-order valence-electron chi connectivity index (χ2n) is 15.4. The van der Waals surface area contributed by atoms with Crippen molar-refractivity contribution in [1.82, 2.24) is 0 Å². The van der Waals surface area contributed by atoms with Gasteiger partial charge >= 0.3 is 0 Å². The fraction of sp³-hybridized carbons (Fsp3) is 0.423. The maximum Gasteiger partial charge on any atom is 0.0540 e. The first-order valence-electron chi connectivity index (χ1n) is 21.6. The van der Waals surface area contributed by atoms with Gasteiger partial charge in [-0.1, -0.05) is 224 Å². The molecule has 5 aromatic rings. The summed E-state index contributed by atoms with van der Waals surface area (Å²) < 4.78 is 1.09. The Bertz CT molecular complexity index is 1670. The summed E-state index contributed by atoms with van der Waals surface area (Å²) in [5.74, 6) is 0. The number of aryl methyl sites for hydroxylation is 1. The van der Waals surface area contributed by atoms with Gasteiger partial charge in [-0.15, -0.1) is 0 Å². The largest absolute Gasteiger partial charge is 0.310 e. The first-order valence-corrected chi connectivity index (χ1v) is 22.4. The number of rotatable bonds is 26. The van der Waals surface area contributed by atoms with Crippen LogP contribution in [0.15, 0.2) is 132 Å². The van der Waals surface area contributed by atoms with Crippen LogP contribution < -0.4 is 4.90 Å². The highest BCUT2D eigenvalue weighted by atomic mass is 79.9. The summed E-state index contributed by atoms with van der Waals surface area (Å²) in [6, 6.07) is 46.3. The highest BCUT2D eigenvalue weighted by Crippen LogP contribution is 2.44. The fourth-order valence-electron chi connectivity index (χ4n) is 7.92. The Hall–Kier alpha value is -3.62. The Balaban J connectivity index is 1.13. The minimum atomic E-state index is 1.09. The Labute approximate surface area is 337 Å². The molecule has 0 bridgehead atoms. The SMILES string of the molecule is CCCCCCCCCCCCCCCCCCCCCCc1ccc(N(c2ccccc2)c2ccccc2)c(-c2cc(Br)ccc2-c2ccccc2)c1. The standard InChI is InChI=1S/C52H66BrN/c1-2-3-4-5-6-7-8-9-10-11-12-13-14-15-16-17-18-19-20-24-31-44-38-41-52(54(47-34-27-22-28-35-47)48-36-29-23-30-37-48)51(42-44)50-43-46(53)39-40-49(50)45-32-25-21-26-33-45/h21-23,25-30,32-43H,2-20,24,31H2,1H3. The van der Waals surface area contributed by atoms with E-state index in [9.17, 15) is 0 Å². The molecule has 0 aliphatic carbocycles. The van der Waals surface area contributed by atoms with E-state index in [1.165, 1.54) is 162 Å². The second kappa shape index (κ2) is 24.7. The summed E-state index contributed by atoms with van der Waals surface area (Å²) in [6.07, 6.45) is 29.4. The van der Waals surface area contributed by atoms with Gasteiger partial charge in [0, 0.05) is 21.4 Å². The number of benzene rings is 5. The fourth-order valence-corrected chi connectivity index (χ4v) is 8.28. The molecule has 54 heavy (non-hydrogen) atoms. The van der Waals surface area contributed by atoms with Gasteiger partial charge < -0.3 is 4.90 Å². The average molecular weight is 785 g/mol. The zero-order chi connectivity index (χ0) is 37.5. The zero-order valence-electron chi connectivity index (χ0n) is 33.3. The molecule has 0 fully saturated rings. The smallest absolute Gasteiger partial charge is 0.0540 e. The van der Waals surface area contributed by atoms with Crippen LogP contribution in [0.1, 0.15) is 141 Å². The number of hydrogen-bond acceptors (Lipinski definition) is 1. The molecule has 1 nitrogen and oxygen atoms in total. The second-order valence-corrected chi connectivity index (χ2v) is 16.3. The van der Waals surface area contributed by atoms with Crippen LogP contribution in [0.25, 0.3) is 22.3 Å². The van der Waals surface area contributed by atoms with Crippen LogP contribution in [0.2, 0.25) is 0 Å². The van der Waals surface area contributed by atoms with E-state index >= 15 is 0 Å². The molecule has 0 saturated heterocycles. The van der Waals surface area contributed by atoms with Crippen molar-refractivity contribution in [1.29, 1.82) is 0 Å². The molecule has 2 heteroatoms. The Morgan fingerprint density at radius 1 is 0.389 bits per heavy atom. The van der Waals surface area contributed by atoms with E-state index in [1.54, 1.807) is 0 Å².